The average Bonchev–Trinajstić information content (AvgIpc) is 3.03. The first-order chi connectivity index (χ1) is 11.9. The van der Waals surface area contributed by atoms with Gasteiger partial charge in [-0.3, -0.25) is 0 Å². The Kier molecular flexibility index (Phi) is 3.66. The van der Waals surface area contributed by atoms with E-state index in [0.29, 0.717) is 11.9 Å². The number of fused-ring (bicyclic) bond motifs is 2. The van der Waals surface area contributed by atoms with Crippen LogP contribution in [-0.4, -0.2) is 9.13 Å². The quantitative estimate of drug-likeness (QED) is 0.424. The lowest BCUT2D eigenvalue weighted by Crippen LogP contribution is -2.01. The van der Waals surface area contributed by atoms with E-state index in [0.717, 1.165) is 43.7 Å². The molecule has 25 heavy (non-hydrogen) atoms. The predicted octanol–water partition coefficient (Wildman–Crippen LogP) is 5.90. The summed E-state index contributed by atoms with van der Waals surface area (Å²) in [4.78, 5) is 0. The third kappa shape index (κ3) is 2.37. The largest absolute Gasteiger partial charge is 0.349 e. The minimum atomic E-state index is -0.166. The summed E-state index contributed by atoms with van der Waals surface area (Å²) in [5.74, 6) is -0.166. The molecule has 0 unspecified atom stereocenters. The first-order valence-corrected chi connectivity index (χ1v) is 8.74. The molecule has 0 aliphatic heterocycles. The second-order valence-electron chi connectivity index (χ2n) is 6.85. The molecule has 4 aromatic rings. The fourth-order valence-electron chi connectivity index (χ4n) is 3.72. The fraction of sp³-hybridized carbons (Fsp3) is 0.238. The Morgan fingerprint density at radius 1 is 0.920 bits per heavy atom. The number of rotatable bonds is 2. The average molecular weight is 355 g/mol. The predicted molar refractivity (Wildman–Crippen MR) is 103 cm³/mol. The second-order valence-corrected chi connectivity index (χ2v) is 7.26. The molecular formula is C21H20ClFN2. The zero-order valence-corrected chi connectivity index (χ0v) is 15.6. The summed E-state index contributed by atoms with van der Waals surface area (Å²) >= 11 is 6.49. The Bertz CT molecular complexity index is 1130. The lowest BCUT2D eigenvalue weighted by atomic mass is 10.0. The van der Waals surface area contributed by atoms with Crippen molar-refractivity contribution in [3.63, 3.8) is 0 Å². The third-order valence-corrected chi connectivity index (χ3v) is 5.60. The van der Waals surface area contributed by atoms with Crippen LogP contribution in [-0.2, 0) is 13.6 Å². The molecule has 4 rings (SSSR count). The van der Waals surface area contributed by atoms with Gasteiger partial charge in [-0.05, 0) is 55.2 Å². The van der Waals surface area contributed by atoms with Crippen molar-refractivity contribution >= 4 is 33.4 Å². The molecule has 0 bridgehead atoms. The van der Waals surface area contributed by atoms with Crippen molar-refractivity contribution in [1.29, 1.82) is 0 Å². The summed E-state index contributed by atoms with van der Waals surface area (Å²) < 4.78 is 18.6. The van der Waals surface area contributed by atoms with Crippen molar-refractivity contribution in [2.24, 2.45) is 7.05 Å². The van der Waals surface area contributed by atoms with Gasteiger partial charge in [-0.15, -0.1) is 0 Å². The van der Waals surface area contributed by atoms with Crippen molar-refractivity contribution < 1.29 is 4.39 Å². The molecule has 0 aliphatic carbocycles. The van der Waals surface area contributed by atoms with Gasteiger partial charge in [0.1, 0.15) is 5.82 Å². The van der Waals surface area contributed by atoms with Crippen LogP contribution < -0.4 is 0 Å². The Morgan fingerprint density at radius 2 is 1.60 bits per heavy atom. The summed E-state index contributed by atoms with van der Waals surface area (Å²) in [6, 6.07) is 8.24. The van der Waals surface area contributed by atoms with Crippen LogP contribution in [0, 0.1) is 26.6 Å². The molecule has 0 amide bonds. The minimum absolute atomic E-state index is 0.166. The van der Waals surface area contributed by atoms with Crippen LogP contribution in [0.15, 0.2) is 36.7 Å². The SMILES string of the molecule is Cc1ccc2c(c(Cl)cn2C)c1Cn1cc(F)c2c(C)c(C)ccc21. The van der Waals surface area contributed by atoms with Gasteiger partial charge < -0.3 is 9.13 Å². The van der Waals surface area contributed by atoms with Gasteiger partial charge in [-0.1, -0.05) is 23.7 Å². The highest BCUT2D eigenvalue weighted by atomic mass is 35.5. The van der Waals surface area contributed by atoms with Crippen LogP contribution in [0.3, 0.4) is 0 Å². The molecule has 4 heteroatoms. The molecule has 0 atom stereocenters. The highest BCUT2D eigenvalue weighted by molar-refractivity contribution is 6.36. The zero-order valence-electron chi connectivity index (χ0n) is 14.8. The van der Waals surface area contributed by atoms with E-state index >= 15 is 0 Å². The Morgan fingerprint density at radius 3 is 2.36 bits per heavy atom. The number of hydrogen-bond donors (Lipinski definition) is 0. The van der Waals surface area contributed by atoms with Gasteiger partial charge in [0.2, 0.25) is 0 Å². The Hall–Kier alpha value is -2.26. The number of aryl methyl sites for hydroxylation is 4. The maximum atomic E-state index is 14.6. The molecule has 2 heterocycles. The van der Waals surface area contributed by atoms with E-state index in [9.17, 15) is 4.39 Å². The molecule has 2 nitrogen and oxygen atoms in total. The number of benzene rings is 2. The molecule has 0 fully saturated rings. The van der Waals surface area contributed by atoms with Gasteiger partial charge in [0, 0.05) is 42.3 Å². The van der Waals surface area contributed by atoms with Crippen LogP contribution in [0.1, 0.15) is 22.3 Å². The molecule has 2 aromatic heterocycles. The monoisotopic (exact) mass is 354 g/mol. The van der Waals surface area contributed by atoms with Crippen LogP contribution in [0.5, 0.6) is 0 Å². The molecule has 0 radical (unpaired) electrons. The second kappa shape index (κ2) is 5.63. The maximum Gasteiger partial charge on any atom is 0.148 e. The van der Waals surface area contributed by atoms with Gasteiger partial charge >= 0.3 is 0 Å². The van der Waals surface area contributed by atoms with Crippen LogP contribution >= 0.6 is 11.6 Å². The van der Waals surface area contributed by atoms with Crippen molar-refractivity contribution in [2.45, 2.75) is 27.3 Å². The molecule has 128 valence electrons. The third-order valence-electron chi connectivity index (χ3n) is 5.31. The van der Waals surface area contributed by atoms with E-state index in [4.69, 9.17) is 11.6 Å². The number of nitrogens with zero attached hydrogens (tertiary/aromatic N) is 2. The fourth-order valence-corrected chi connectivity index (χ4v) is 4.08. The van der Waals surface area contributed by atoms with Crippen LogP contribution in [0.2, 0.25) is 5.02 Å². The number of halogens is 2. The van der Waals surface area contributed by atoms with Gasteiger partial charge in [-0.2, -0.15) is 0 Å². The first-order valence-electron chi connectivity index (χ1n) is 8.36. The van der Waals surface area contributed by atoms with Gasteiger partial charge in [0.15, 0.2) is 0 Å². The van der Waals surface area contributed by atoms with E-state index in [1.54, 1.807) is 6.20 Å². The first kappa shape index (κ1) is 16.2. The normalized spacial score (nSPS) is 11.8. The zero-order chi connectivity index (χ0) is 17.9. The summed E-state index contributed by atoms with van der Waals surface area (Å²) in [6.45, 7) is 6.66. The van der Waals surface area contributed by atoms with E-state index in [2.05, 4.69) is 25.1 Å². The van der Waals surface area contributed by atoms with E-state index in [1.165, 1.54) is 0 Å². The van der Waals surface area contributed by atoms with Crippen molar-refractivity contribution in [2.75, 3.05) is 0 Å². The molecule has 0 saturated carbocycles. The van der Waals surface area contributed by atoms with Crippen molar-refractivity contribution in [1.82, 2.24) is 9.13 Å². The standard InChI is InChI=1S/C21H20ClFN2/c1-12-5-8-19-20(14(12)3)17(23)11-25(19)9-15-13(2)6-7-18-21(15)16(22)10-24(18)4/h5-8,10-11H,9H2,1-4H3. The summed E-state index contributed by atoms with van der Waals surface area (Å²) in [6.07, 6.45) is 3.53. The van der Waals surface area contributed by atoms with E-state index < -0.39 is 0 Å². The lowest BCUT2D eigenvalue weighted by Gasteiger charge is -2.12. The minimum Gasteiger partial charge on any atom is -0.349 e. The van der Waals surface area contributed by atoms with Crippen LogP contribution in [0.25, 0.3) is 21.8 Å². The maximum absolute atomic E-state index is 14.6. The van der Waals surface area contributed by atoms with Crippen molar-refractivity contribution in [3.8, 4) is 0 Å². The smallest absolute Gasteiger partial charge is 0.148 e. The highest BCUT2D eigenvalue weighted by Gasteiger charge is 2.16. The highest BCUT2D eigenvalue weighted by Crippen LogP contribution is 2.33. The van der Waals surface area contributed by atoms with E-state index in [1.807, 2.05) is 42.3 Å². The van der Waals surface area contributed by atoms with Crippen molar-refractivity contribution in [3.05, 3.63) is 69.8 Å². The molecule has 0 spiro atoms. The summed E-state index contributed by atoms with van der Waals surface area (Å²) in [5.41, 5.74) is 6.42. The molecule has 0 aliphatic rings. The molecule has 0 N–H and O–H groups in total. The molecule has 2 aromatic carbocycles. The van der Waals surface area contributed by atoms with Gasteiger partial charge in [-0.25, -0.2) is 4.39 Å². The number of hydrogen-bond acceptors (Lipinski definition) is 0. The summed E-state index contributed by atoms with van der Waals surface area (Å²) in [7, 11) is 1.99. The number of aromatic nitrogens is 2. The Labute approximate surface area is 151 Å². The topological polar surface area (TPSA) is 9.86 Å². The summed E-state index contributed by atoms with van der Waals surface area (Å²) in [5, 5.41) is 2.50. The van der Waals surface area contributed by atoms with Gasteiger partial charge in [0.25, 0.3) is 0 Å². The molecule has 0 saturated heterocycles. The lowest BCUT2D eigenvalue weighted by molar-refractivity contribution is 0.629. The van der Waals surface area contributed by atoms with E-state index in [-0.39, 0.29) is 5.82 Å². The van der Waals surface area contributed by atoms with Gasteiger partial charge in [0.05, 0.1) is 10.5 Å². The van der Waals surface area contributed by atoms with Crippen LogP contribution in [0.4, 0.5) is 4.39 Å². The Balaban J connectivity index is 1.95. The molecular weight excluding hydrogens is 335 g/mol.